The highest BCUT2D eigenvalue weighted by Crippen LogP contribution is 2.25. The van der Waals surface area contributed by atoms with E-state index in [-0.39, 0.29) is 5.82 Å². The van der Waals surface area contributed by atoms with E-state index in [1.807, 2.05) is 13.0 Å². The lowest BCUT2D eigenvalue weighted by atomic mass is 9.90. The Bertz CT molecular complexity index is 302. The van der Waals surface area contributed by atoms with E-state index in [9.17, 15) is 4.39 Å². The molecule has 2 rings (SSSR count). The number of aryl methyl sites for hydroxylation is 2. The van der Waals surface area contributed by atoms with Crippen molar-refractivity contribution in [3.63, 3.8) is 0 Å². The number of hydrogen-bond donors (Lipinski definition) is 0. The van der Waals surface area contributed by atoms with Gasteiger partial charge >= 0.3 is 0 Å². The summed E-state index contributed by atoms with van der Waals surface area (Å²) in [5.74, 6) is 0.0344. The molecule has 0 saturated heterocycles. The minimum absolute atomic E-state index is 0.0344. The van der Waals surface area contributed by atoms with Gasteiger partial charge in [-0.15, -0.1) is 0 Å². The molecule has 1 aromatic rings. The second-order valence-electron chi connectivity index (χ2n) is 3.54. The van der Waals surface area contributed by atoms with Gasteiger partial charge in [0.1, 0.15) is 5.82 Å². The standard InChI is InChI=1S/C11H13F/c1-8-6-7-9-4-2-3-5-10(9)11(8)12/h6-7H,2-5H2,1H3. The van der Waals surface area contributed by atoms with Gasteiger partial charge in [-0.1, -0.05) is 12.1 Å². The molecule has 0 aromatic heterocycles. The third-order valence-corrected chi connectivity index (χ3v) is 2.66. The monoisotopic (exact) mass is 164 g/mol. The fraction of sp³-hybridized carbons (Fsp3) is 0.455. The highest BCUT2D eigenvalue weighted by Gasteiger charge is 2.14. The Morgan fingerprint density at radius 3 is 2.75 bits per heavy atom. The van der Waals surface area contributed by atoms with Gasteiger partial charge in [0.15, 0.2) is 0 Å². The van der Waals surface area contributed by atoms with Crippen LogP contribution in [0.2, 0.25) is 0 Å². The third-order valence-electron chi connectivity index (χ3n) is 2.66. The van der Waals surface area contributed by atoms with Crippen LogP contribution in [0.25, 0.3) is 0 Å². The topological polar surface area (TPSA) is 0 Å². The van der Waals surface area contributed by atoms with E-state index in [0.29, 0.717) is 0 Å². The van der Waals surface area contributed by atoms with Gasteiger partial charge in [-0.25, -0.2) is 4.39 Å². The second-order valence-corrected chi connectivity index (χ2v) is 3.54. The molecule has 1 aliphatic carbocycles. The molecule has 0 N–H and O–H groups in total. The fourth-order valence-corrected chi connectivity index (χ4v) is 1.90. The zero-order valence-corrected chi connectivity index (χ0v) is 7.36. The summed E-state index contributed by atoms with van der Waals surface area (Å²) in [6.45, 7) is 1.84. The van der Waals surface area contributed by atoms with Gasteiger partial charge in [0.05, 0.1) is 0 Å². The van der Waals surface area contributed by atoms with Crippen LogP contribution in [0.1, 0.15) is 29.5 Å². The molecular formula is C11H13F. The lowest BCUT2D eigenvalue weighted by Gasteiger charge is -2.16. The van der Waals surface area contributed by atoms with Crippen molar-refractivity contribution in [3.8, 4) is 0 Å². The second kappa shape index (κ2) is 2.89. The summed E-state index contributed by atoms with van der Waals surface area (Å²) in [6.07, 6.45) is 4.36. The number of hydrogen-bond acceptors (Lipinski definition) is 0. The van der Waals surface area contributed by atoms with Crippen LogP contribution in [0, 0.1) is 12.7 Å². The fourth-order valence-electron chi connectivity index (χ4n) is 1.90. The third kappa shape index (κ3) is 1.13. The average molecular weight is 164 g/mol. The maximum absolute atomic E-state index is 13.5. The van der Waals surface area contributed by atoms with Crippen LogP contribution >= 0.6 is 0 Å². The summed E-state index contributed by atoms with van der Waals surface area (Å²) in [4.78, 5) is 0. The summed E-state index contributed by atoms with van der Waals surface area (Å²) < 4.78 is 13.5. The van der Waals surface area contributed by atoms with E-state index in [0.717, 1.165) is 30.4 Å². The van der Waals surface area contributed by atoms with E-state index in [1.165, 1.54) is 12.0 Å². The normalized spacial score (nSPS) is 15.8. The maximum atomic E-state index is 13.5. The largest absolute Gasteiger partial charge is 0.206 e. The molecule has 0 radical (unpaired) electrons. The molecule has 0 aliphatic heterocycles. The van der Waals surface area contributed by atoms with Gasteiger partial charge in [0, 0.05) is 0 Å². The van der Waals surface area contributed by atoms with Crippen LogP contribution in [0.3, 0.4) is 0 Å². The first-order chi connectivity index (χ1) is 5.79. The van der Waals surface area contributed by atoms with E-state index >= 15 is 0 Å². The van der Waals surface area contributed by atoms with Crippen molar-refractivity contribution in [2.75, 3.05) is 0 Å². The summed E-state index contributed by atoms with van der Waals surface area (Å²) in [5, 5.41) is 0. The zero-order chi connectivity index (χ0) is 8.55. The van der Waals surface area contributed by atoms with Crippen molar-refractivity contribution >= 4 is 0 Å². The van der Waals surface area contributed by atoms with Gasteiger partial charge in [-0.05, 0) is 49.3 Å². The highest BCUT2D eigenvalue weighted by molar-refractivity contribution is 5.34. The Kier molecular flexibility index (Phi) is 1.87. The first kappa shape index (κ1) is 7.78. The van der Waals surface area contributed by atoms with Crippen LogP contribution in [0.4, 0.5) is 4.39 Å². The molecule has 0 bridgehead atoms. The Labute approximate surface area is 72.4 Å². The number of fused-ring (bicyclic) bond motifs is 1. The molecule has 0 atom stereocenters. The smallest absolute Gasteiger partial charge is 0.129 e. The Hall–Kier alpha value is -0.850. The molecule has 0 heterocycles. The Balaban J connectivity index is 2.54. The Morgan fingerprint density at radius 2 is 1.92 bits per heavy atom. The molecule has 0 fully saturated rings. The molecule has 0 saturated carbocycles. The lowest BCUT2D eigenvalue weighted by molar-refractivity contribution is 0.571. The molecule has 0 amide bonds. The molecule has 64 valence electrons. The molecule has 0 nitrogen and oxygen atoms in total. The van der Waals surface area contributed by atoms with Crippen molar-refractivity contribution in [2.24, 2.45) is 0 Å². The summed E-state index contributed by atoms with van der Waals surface area (Å²) >= 11 is 0. The van der Waals surface area contributed by atoms with Crippen LogP contribution in [0.15, 0.2) is 12.1 Å². The number of benzene rings is 1. The first-order valence-corrected chi connectivity index (χ1v) is 4.56. The van der Waals surface area contributed by atoms with Crippen LogP contribution in [-0.2, 0) is 12.8 Å². The van der Waals surface area contributed by atoms with Crippen molar-refractivity contribution in [1.29, 1.82) is 0 Å². The molecule has 12 heavy (non-hydrogen) atoms. The van der Waals surface area contributed by atoms with Gasteiger partial charge in [0.25, 0.3) is 0 Å². The number of rotatable bonds is 0. The first-order valence-electron chi connectivity index (χ1n) is 4.56. The van der Waals surface area contributed by atoms with Crippen LogP contribution < -0.4 is 0 Å². The van der Waals surface area contributed by atoms with Crippen molar-refractivity contribution in [2.45, 2.75) is 32.6 Å². The van der Waals surface area contributed by atoms with E-state index < -0.39 is 0 Å². The maximum Gasteiger partial charge on any atom is 0.129 e. The summed E-state index contributed by atoms with van der Waals surface area (Å²) in [6, 6.07) is 3.96. The quantitative estimate of drug-likeness (QED) is 0.553. The summed E-state index contributed by atoms with van der Waals surface area (Å²) in [5.41, 5.74) is 2.99. The van der Waals surface area contributed by atoms with E-state index in [2.05, 4.69) is 6.07 Å². The zero-order valence-electron chi connectivity index (χ0n) is 7.36. The molecule has 0 spiro atoms. The molecule has 1 heteroatoms. The SMILES string of the molecule is Cc1ccc2c(c1F)CCCC2. The molecule has 1 aliphatic rings. The van der Waals surface area contributed by atoms with E-state index in [4.69, 9.17) is 0 Å². The van der Waals surface area contributed by atoms with E-state index in [1.54, 1.807) is 0 Å². The molecular weight excluding hydrogens is 151 g/mol. The molecule has 1 aromatic carbocycles. The molecule has 0 unspecified atom stereocenters. The number of halogens is 1. The van der Waals surface area contributed by atoms with Gasteiger partial charge < -0.3 is 0 Å². The van der Waals surface area contributed by atoms with Crippen molar-refractivity contribution in [1.82, 2.24) is 0 Å². The Morgan fingerprint density at radius 1 is 1.17 bits per heavy atom. The van der Waals surface area contributed by atoms with Gasteiger partial charge in [0.2, 0.25) is 0 Å². The average Bonchev–Trinajstić information content (AvgIpc) is 2.12. The van der Waals surface area contributed by atoms with Gasteiger partial charge in [-0.2, -0.15) is 0 Å². The highest BCUT2D eigenvalue weighted by atomic mass is 19.1. The van der Waals surface area contributed by atoms with Crippen molar-refractivity contribution < 1.29 is 4.39 Å². The predicted molar refractivity (Wildman–Crippen MR) is 47.8 cm³/mol. The van der Waals surface area contributed by atoms with Crippen molar-refractivity contribution in [3.05, 3.63) is 34.6 Å². The lowest BCUT2D eigenvalue weighted by Crippen LogP contribution is -2.06. The summed E-state index contributed by atoms with van der Waals surface area (Å²) in [7, 11) is 0. The minimum Gasteiger partial charge on any atom is -0.206 e. The predicted octanol–water partition coefficient (Wildman–Crippen LogP) is 3.01. The minimum atomic E-state index is 0.0344. The van der Waals surface area contributed by atoms with Gasteiger partial charge in [-0.3, -0.25) is 0 Å². The van der Waals surface area contributed by atoms with Crippen LogP contribution in [-0.4, -0.2) is 0 Å². The van der Waals surface area contributed by atoms with Crippen LogP contribution in [0.5, 0.6) is 0 Å².